The minimum Gasteiger partial charge on any atom is -0.482 e. The molecule has 2 unspecified atom stereocenters. The van der Waals surface area contributed by atoms with Gasteiger partial charge in [0.05, 0.1) is 5.69 Å². The molecule has 1 saturated carbocycles. The van der Waals surface area contributed by atoms with Crippen molar-refractivity contribution in [2.75, 3.05) is 25.4 Å². The summed E-state index contributed by atoms with van der Waals surface area (Å²) in [5.41, 5.74) is 6.36. The normalized spacial score (nSPS) is 25.4. The van der Waals surface area contributed by atoms with E-state index in [9.17, 15) is 4.79 Å². The van der Waals surface area contributed by atoms with Crippen LogP contribution in [0.2, 0.25) is 0 Å². The number of nitrogens with zero attached hydrogens (tertiary/aromatic N) is 1. The van der Waals surface area contributed by atoms with Crippen molar-refractivity contribution in [3.8, 4) is 5.75 Å². The lowest BCUT2D eigenvalue weighted by Gasteiger charge is -2.18. The Morgan fingerprint density at radius 1 is 1.26 bits per heavy atom. The molecule has 102 valence electrons. The van der Waals surface area contributed by atoms with Crippen LogP contribution >= 0.6 is 0 Å². The lowest BCUT2D eigenvalue weighted by atomic mass is 10.0. The van der Waals surface area contributed by atoms with Gasteiger partial charge in [-0.1, -0.05) is 18.6 Å². The number of nitrogen functional groups attached to an aromatic ring is 1. The SMILES string of the molecule is Nc1ccccc1OCC(=O)N1CC2CCCC2C1. The van der Waals surface area contributed by atoms with Gasteiger partial charge >= 0.3 is 0 Å². The first-order valence-electron chi connectivity index (χ1n) is 6.99. The number of likely N-dealkylation sites (tertiary alicyclic amines) is 1. The minimum atomic E-state index is 0.0812. The molecule has 1 amide bonds. The van der Waals surface area contributed by atoms with E-state index in [0.29, 0.717) is 11.4 Å². The van der Waals surface area contributed by atoms with Gasteiger partial charge < -0.3 is 15.4 Å². The summed E-state index contributed by atoms with van der Waals surface area (Å²) in [5.74, 6) is 2.13. The number of anilines is 1. The highest BCUT2D eigenvalue weighted by molar-refractivity contribution is 5.78. The summed E-state index contributed by atoms with van der Waals surface area (Å²) in [5, 5.41) is 0. The van der Waals surface area contributed by atoms with E-state index in [1.54, 1.807) is 12.1 Å². The zero-order chi connectivity index (χ0) is 13.2. The van der Waals surface area contributed by atoms with Gasteiger partial charge in [-0.15, -0.1) is 0 Å². The van der Waals surface area contributed by atoms with Crippen molar-refractivity contribution in [2.45, 2.75) is 19.3 Å². The molecule has 0 radical (unpaired) electrons. The Morgan fingerprint density at radius 2 is 1.95 bits per heavy atom. The number of rotatable bonds is 3. The molecule has 2 fully saturated rings. The van der Waals surface area contributed by atoms with Gasteiger partial charge in [-0.05, 0) is 36.8 Å². The summed E-state index contributed by atoms with van der Waals surface area (Å²) >= 11 is 0. The number of benzene rings is 1. The zero-order valence-electron chi connectivity index (χ0n) is 11.0. The van der Waals surface area contributed by atoms with Gasteiger partial charge in [0.1, 0.15) is 5.75 Å². The van der Waals surface area contributed by atoms with Gasteiger partial charge in [-0.3, -0.25) is 4.79 Å². The second-order valence-corrected chi connectivity index (χ2v) is 5.58. The molecule has 1 aliphatic heterocycles. The molecule has 1 aromatic rings. The third-order valence-corrected chi connectivity index (χ3v) is 4.35. The summed E-state index contributed by atoms with van der Waals surface area (Å²) in [7, 11) is 0. The van der Waals surface area contributed by atoms with Gasteiger partial charge in [0.15, 0.2) is 6.61 Å². The predicted molar refractivity (Wildman–Crippen MR) is 73.8 cm³/mol. The predicted octanol–water partition coefficient (Wildman–Crippen LogP) is 1.91. The maximum atomic E-state index is 12.1. The summed E-state index contributed by atoms with van der Waals surface area (Å²) in [4.78, 5) is 14.1. The first kappa shape index (κ1) is 12.3. The largest absolute Gasteiger partial charge is 0.482 e. The molecule has 3 rings (SSSR count). The van der Waals surface area contributed by atoms with E-state index in [0.717, 1.165) is 24.9 Å². The lowest BCUT2D eigenvalue weighted by molar-refractivity contribution is -0.132. The van der Waals surface area contributed by atoms with Crippen molar-refractivity contribution in [3.63, 3.8) is 0 Å². The number of carbonyl (C=O) groups is 1. The molecule has 2 N–H and O–H groups in total. The average molecular weight is 260 g/mol. The summed E-state index contributed by atoms with van der Waals surface area (Å²) in [6.07, 6.45) is 3.89. The molecule has 2 atom stereocenters. The average Bonchev–Trinajstić information content (AvgIpc) is 2.98. The minimum absolute atomic E-state index is 0.0812. The van der Waals surface area contributed by atoms with Crippen LogP contribution < -0.4 is 10.5 Å². The Morgan fingerprint density at radius 3 is 2.63 bits per heavy atom. The Hall–Kier alpha value is -1.71. The second-order valence-electron chi connectivity index (χ2n) is 5.58. The van der Waals surface area contributed by atoms with Crippen LogP contribution in [-0.2, 0) is 4.79 Å². The number of para-hydroxylation sites is 2. The lowest BCUT2D eigenvalue weighted by Crippen LogP contribution is -2.33. The molecule has 1 heterocycles. The molecular weight excluding hydrogens is 240 g/mol. The fourth-order valence-electron chi connectivity index (χ4n) is 3.28. The third kappa shape index (κ3) is 2.53. The second kappa shape index (κ2) is 5.11. The van der Waals surface area contributed by atoms with Crippen LogP contribution in [0.3, 0.4) is 0 Å². The molecule has 0 spiro atoms. The van der Waals surface area contributed by atoms with Gasteiger partial charge in [0, 0.05) is 13.1 Å². The monoisotopic (exact) mass is 260 g/mol. The van der Waals surface area contributed by atoms with Crippen molar-refractivity contribution in [2.24, 2.45) is 11.8 Å². The first-order chi connectivity index (χ1) is 9.24. The van der Waals surface area contributed by atoms with Crippen LogP contribution in [0, 0.1) is 11.8 Å². The quantitative estimate of drug-likeness (QED) is 0.845. The number of carbonyl (C=O) groups excluding carboxylic acids is 1. The number of ether oxygens (including phenoxy) is 1. The van der Waals surface area contributed by atoms with Crippen molar-refractivity contribution in [1.82, 2.24) is 4.90 Å². The molecule has 0 bridgehead atoms. The van der Waals surface area contributed by atoms with Crippen molar-refractivity contribution in [1.29, 1.82) is 0 Å². The molecule has 1 aromatic carbocycles. The van der Waals surface area contributed by atoms with E-state index in [2.05, 4.69) is 0 Å². The highest BCUT2D eigenvalue weighted by Crippen LogP contribution is 2.37. The van der Waals surface area contributed by atoms with E-state index < -0.39 is 0 Å². The van der Waals surface area contributed by atoms with Crippen LogP contribution in [-0.4, -0.2) is 30.5 Å². The van der Waals surface area contributed by atoms with E-state index in [4.69, 9.17) is 10.5 Å². The van der Waals surface area contributed by atoms with Crippen LogP contribution in [0.25, 0.3) is 0 Å². The topological polar surface area (TPSA) is 55.6 Å². The number of nitrogens with two attached hydrogens (primary N) is 1. The highest BCUT2D eigenvalue weighted by atomic mass is 16.5. The van der Waals surface area contributed by atoms with E-state index >= 15 is 0 Å². The standard InChI is InChI=1S/C15H20N2O2/c16-13-6-1-2-7-14(13)19-10-15(18)17-8-11-4-3-5-12(11)9-17/h1-2,6-7,11-12H,3-5,8-10,16H2. The fourth-order valence-corrected chi connectivity index (χ4v) is 3.28. The molecule has 1 saturated heterocycles. The van der Waals surface area contributed by atoms with Crippen LogP contribution in [0.5, 0.6) is 5.75 Å². The fraction of sp³-hybridized carbons (Fsp3) is 0.533. The van der Waals surface area contributed by atoms with E-state index in [1.165, 1.54) is 19.3 Å². The molecule has 2 aliphatic rings. The molecule has 19 heavy (non-hydrogen) atoms. The molecule has 0 aromatic heterocycles. The van der Waals surface area contributed by atoms with E-state index in [-0.39, 0.29) is 12.5 Å². The Balaban J connectivity index is 1.54. The molecular formula is C15H20N2O2. The number of hydrogen-bond donors (Lipinski definition) is 1. The highest BCUT2D eigenvalue weighted by Gasteiger charge is 2.37. The van der Waals surface area contributed by atoms with Crippen molar-refractivity contribution >= 4 is 11.6 Å². The van der Waals surface area contributed by atoms with Gasteiger partial charge in [0.2, 0.25) is 0 Å². The Kier molecular flexibility index (Phi) is 3.32. The van der Waals surface area contributed by atoms with Crippen LogP contribution in [0.15, 0.2) is 24.3 Å². The van der Waals surface area contributed by atoms with Gasteiger partial charge in [-0.2, -0.15) is 0 Å². The smallest absolute Gasteiger partial charge is 0.260 e. The number of hydrogen-bond acceptors (Lipinski definition) is 3. The maximum Gasteiger partial charge on any atom is 0.260 e. The summed E-state index contributed by atoms with van der Waals surface area (Å²) in [6, 6.07) is 7.28. The third-order valence-electron chi connectivity index (χ3n) is 4.35. The van der Waals surface area contributed by atoms with Crippen molar-refractivity contribution < 1.29 is 9.53 Å². The number of amides is 1. The molecule has 1 aliphatic carbocycles. The van der Waals surface area contributed by atoms with Crippen LogP contribution in [0.1, 0.15) is 19.3 Å². The zero-order valence-corrected chi connectivity index (χ0v) is 11.0. The first-order valence-corrected chi connectivity index (χ1v) is 6.99. The van der Waals surface area contributed by atoms with E-state index in [1.807, 2.05) is 17.0 Å². The Bertz CT molecular complexity index is 463. The summed E-state index contributed by atoms with van der Waals surface area (Å²) < 4.78 is 5.52. The van der Waals surface area contributed by atoms with Crippen LogP contribution in [0.4, 0.5) is 5.69 Å². The summed E-state index contributed by atoms with van der Waals surface area (Å²) in [6.45, 7) is 1.92. The van der Waals surface area contributed by atoms with Gasteiger partial charge in [-0.25, -0.2) is 0 Å². The molecule has 4 nitrogen and oxygen atoms in total. The van der Waals surface area contributed by atoms with Gasteiger partial charge in [0.25, 0.3) is 5.91 Å². The molecule has 4 heteroatoms. The maximum absolute atomic E-state index is 12.1. The van der Waals surface area contributed by atoms with Crippen molar-refractivity contribution in [3.05, 3.63) is 24.3 Å². The Labute approximate surface area is 113 Å². The number of fused-ring (bicyclic) bond motifs is 1.